The number of nitriles is 1. The van der Waals surface area contributed by atoms with E-state index in [1.54, 1.807) is 18.2 Å². The molecule has 0 radical (unpaired) electrons. The molecular formula is C27H30F3N9O. The van der Waals surface area contributed by atoms with Gasteiger partial charge in [0.1, 0.15) is 6.54 Å². The van der Waals surface area contributed by atoms with Crippen molar-refractivity contribution in [1.82, 2.24) is 29.5 Å². The first kappa shape index (κ1) is 28.6. The summed E-state index contributed by atoms with van der Waals surface area (Å²) in [4.78, 5) is 21.3. The van der Waals surface area contributed by atoms with Crippen molar-refractivity contribution in [2.24, 2.45) is 11.7 Å². The molecule has 0 saturated heterocycles. The molecule has 3 aromatic heterocycles. The Morgan fingerprint density at radius 2 is 2.02 bits per heavy atom. The molecule has 2 atom stereocenters. The van der Waals surface area contributed by atoms with Gasteiger partial charge in [0.05, 0.1) is 23.5 Å². The van der Waals surface area contributed by atoms with Crippen LogP contribution in [-0.4, -0.2) is 42.6 Å². The lowest BCUT2D eigenvalue weighted by atomic mass is 10.0. The van der Waals surface area contributed by atoms with Gasteiger partial charge in [0.2, 0.25) is 0 Å². The average molecular weight is 554 g/mol. The third-order valence-corrected chi connectivity index (χ3v) is 6.46. The number of carbonyl (C=O) groups is 1. The third kappa shape index (κ3) is 5.91. The third-order valence-electron chi connectivity index (χ3n) is 6.46. The molecule has 1 aromatic carbocycles. The minimum Gasteiger partial charge on any atom is -0.352 e. The number of hydrogen-bond donors (Lipinski definition) is 3. The van der Waals surface area contributed by atoms with Crippen molar-refractivity contribution in [3.05, 3.63) is 59.8 Å². The highest BCUT2D eigenvalue weighted by Crippen LogP contribution is 2.37. The second-order valence-corrected chi connectivity index (χ2v) is 9.08. The van der Waals surface area contributed by atoms with E-state index in [-0.39, 0.29) is 29.8 Å². The summed E-state index contributed by atoms with van der Waals surface area (Å²) in [6.45, 7) is 6.16. The Labute approximate surface area is 229 Å². The van der Waals surface area contributed by atoms with E-state index >= 15 is 0 Å². The summed E-state index contributed by atoms with van der Waals surface area (Å²) in [6.07, 6.45) is 2.24. The molecule has 0 bridgehead atoms. The van der Waals surface area contributed by atoms with Gasteiger partial charge in [0, 0.05) is 42.4 Å². The Bertz CT molecular complexity index is 1550. The fourth-order valence-corrected chi connectivity index (χ4v) is 4.33. The molecule has 1 saturated carbocycles. The molecule has 3 heterocycles. The maximum atomic E-state index is 13.7. The van der Waals surface area contributed by atoms with E-state index in [0.29, 0.717) is 41.6 Å². The number of nitrogens with one attached hydrogen (secondary N) is 2. The van der Waals surface area contributed by atoms with Crippen molar-refractivity contribution in [3.63, 3.8) is 0 Å². The van der Waals surface area contributed by atoms with Crippen LogP contribution in [0.4, 0.5) is 24.7 Å². The van der Waals surface area contributed by atoms with Crippen molar-refractivity contribution in [3.8, 4) is 17.3 Å². The van der Waals surface area contributed by atoms with Gasteiger partial charge in [-0.1, -0.05) is 20.8 Å². The van der Waals surface area contributed by atoms with Crippen LogP contribution in [0.3, 0.4) is 0 Å². The van der Waals surface area contributed by atoms with E-state index in [2.05, 4.69) is 25.7 Å². The molecule has 5 rings (SSSR count). The highest BCUT2D eigenvalue weighted by atomic mass is 19.4. The molecule has 13 heteroatoms. The summed E-state index contributed by atoms with van der Waals surface area (Å²) < 4.78 is 43.5. The smallest absolute Gasteiger partial charge is 0.352 e. The molecular weight excluding hydrogens is 523 g/mol. The van der Waals surface area contributed by atoms with Crippen molar-refractivity contribution >= 4 is 23.1 Å². The molecule has 0 spiro atoms. The molecule has 1 fully saturated rings. The number of hydrogen-bond acceptors (Lipinski definition) is 7. The topological polar surface area (TPSA) is 139 Å². The van der Waals surface area contributed by atoms with Crippen LogP contribution < -0.4 is 16.4 Å². The summed E-state index contributed by atoms with van der Waals surface area (Å²) in [6, 6.07) is 7.24. The van der Waals surface area contributed by atoms with E-state index in [1.165, 1.54) is 29.2 Å². The van der Waals surface area contributed by atoms with E-state index < -0.39 is 11.9 Å². The van der Waals surface area contributed by atoms with Gasteiger partial charge in [-0.25, -0.2) is 9.97 Å². The van der Waals surface area contributed by atoms with Crippen LogP contribution in [0.2, 0.25) is 0 Å². The molecule has 0 aliphatic heterocycles. The monoisotopic (exact) mass is 553 g/mol. The first-order valence-corrected chi connectivity index (χ1v) is 13.0. The van der Waals surface area contributed by atoms with Crippen LogP contribution in [0.1, 0.15) is 48.8 Å². The minimum atomic E-state index is -4.72. The Balaban J connectivity index is 0.00000181. The van der Waals surface area contributed by atoms with Crippen LogP contribution in [-0.2, 0) is 19.1 Å². The summed E-state index contributed by atoms with van der Waals surface area (Å²) in [5.74, 6) is 0.477. The van der Waals surface area contributed by atoms with Crippen molar-refractivity contribution in [2.75, 3.05) is 11.9 Å². The van der Waals surface area contributed by atoms with Gasteiger partial charge in [-0.2, -0.15) is 23.5 Å². The quantitative estimate of drug-likeness (QED) is 0.291. The number of aromatic nitrogens is 5. The van der Waals surface area contributed by atoms with Crippen LogP contribution >= 0.6 is 0 Å². The van der Waals surface area contributed by atoms with Gasteiger partial charge in [0.15, 0.2) is 17.2 Å². The SMILES string of the molecule is CC.CCc1cc(Nc2nccn3c(-c4cn(CC#N)nc4C(F)(F)F)cnc23)ccc1C(=O)NCC1CC1N. The summed E-state index contributed by atoms with van der Waals surface area (Å²) in [5, 5.41) is 18.5. The predicted octanol–water partition coefficient (Wildman–Crippen LogP) is 4.54. The van der Waals surface area contributed by atoms with Gasteiger partial charge in [0.25, 0.3) is 5.91 Å². The second kappa shape index (κ2) is 11.7. The predicted molar refractivity (Wildman–Crippen MR) is 144 cm³/mol. The molecule has 4 N–H and O–H groups in total. The molecule has 40 heavy (non-hydrogen) atoms. The van der Waals surface area contributed by atoms with Crippen molar-refractivity contribution in [1.29, 1.82) is 5.26 Å². The van der Waals surface area contributed by atoms with E-state index in [4.69, 9.17) is 11.0 Å². The van der Waals surface area contributed by atoms with E-state index in [0.717, 1.165) is 16.7 Å². The van der Waals surface area contributed by atoms with Crippen LogP contribution in [0.25, 0.3) is 16.9 Å². The van der Waals surface area contributed by atoms with Gasteiger partial charge < -0.3 is 16.4 Å². The van der Waals surface area contributed by atoms with Gasteiger partial charge in [-0.15, -0.1) is 0 Å². The van der Waals surface area contributed by atoms with Crippen molar-refractivity contribution in [2.45, 2.75) is 52.4 Å². The van der Waals surface area contributed by atoms with E-state index in [1.807, 2.05) is 26.8 Å². The number of nitrogens with zero attached hydrogens (tertiary/aromatic N) is 6. The standard InChI is InChI=1S/C25H24F3N9O.C2H6/c1-2-14-9-16(3-4-17(14)24(38)33-11-15-10-19(15)30)34-22-23-32-12-20(37(23)8-6-31-22)18-13-36(7-5-29)35-21(18)25(26,27)28;1-2/h3-4,6,8-9,12-13,15,19H,2,7,10-11,30H2,1H3,(H,31,34)(H,33,38);1-2H3. The Morgan fingerprint density at radius 3 is 2.67 bits per heavy atom. The number of imidazole rings is 1. The van der Waals surface area contributed by atoms with Crippen LogP contribution in [0.15, 0.2) is 43.0 Å². The number of fused-ring (bicyclic) bond motifs is 1. The van der Waals surface area contributed by atoms with Gasteiger partial charge >= 0.3 is 6.18 Å². The number of nitrogens with two attached hydrogens (primary N) is 1. The molecule has 10 nitrogen and oxygen atoms in total. The largest absolute Gasteiger partial charge is 0.435 e. The van der Waals surface area contributed by atoms with E-state index in [9.17, 15) is 18.0 Å². The fraction of sp³-hybridized carbons (Fsp3) is 0.370. The Hall–Kier alpha value is -4.44. The van der Waals surface area contributed by atoms with Crippen LogP contribution in [0, 0.1) is 17.2 Å². The lowest BCUT2D eigenvalue weighted by Gasteiger charge is -2.13. The average Bonchev–Trinajstić information content (AvgIpc) is 3.28. The summed E-state index contributed by atoms with van der Waals surface area (Å²) >= 11 is 0. The molecule has 2 unspecified atom stereocenters. The number of benzene rings is 1. The number of rotatable bonds is 8. The molecule has 1 aliphatic rings. The van der Waals surface area contributed by atoms with Gasteiger partial charge in [-0.3, -0.25) is 13.9 Å². The Morgan fingerprint density at radius 1 is 1.27 bits per heavy atom. The number of halogens is 3. The Kier molecular flexibility index (Phi) is 8.39. The lowest BCUT2D eigenvalue weighted by molar-refractivity contribution is -0.141. The first-order chi connectivity index (χ1) is 19.2. The van der Waals surface area contributed by atoms with Gasteiger partial charge in [-0.05, 0) is 42.5 Å². The van der Waals surface area contributed by atoms with Crippen LogP contribution in [0.5, 0.6) is 0 Å². The maximum Gasteiger partial charge on any atom is 0.435 e. The highest BCUT2D eigenvalue weighted by molar-refractivity contribution is 5.96. The fourth-order valence-electron chi connectivity index (χ4n) is 4.33. The molecule has 1 aliphatic carbocycles. The zero-order valence-corrected chi connectivity index (χ0v) is 22.3. The zero-order valence-electron chi connectivity index (χ0n) is 22.3. The summed E-state index contributed by atoms with van der Waals surface area (Å²) in [5.41, 5.74) is 6.99. The maximum absolute atomic E-state index is 13.7. The number of alkyl halides is 3. The number of carbonyl (C=O) groups excluding carboxylic acids is 1. The first-order valence-electron chi connectivity index (χ1n) is 13.0. The zero-order chi connectivity index (χ0) is 29.0. The molecule has 210 valence electrons. The molecule has 4 aromatic rings. The normalized spacial score (nSPS) is 16.1. The lowest BCUT2D eigenvalue weighted by Crippen LogP contribution is -2.28. The molecule has 1 amide bonds. The van der Waals surface area contributed by atoms with Crippen molar-refractivity contribution < 1.29 is 18.0 Å². The number of aryl methyl sites for hydroxylation is 1. The number of amides is 1. The number of anilines is 2. The summed E-state index contributed by atoms with van der Waals surface area (Å²) in [7, 11) is 0. The highest BCUT2D eigenvalue weighted by Gasteiger charge is 2.38. The second-order valence-electron chi connectivity index (χ2n) is 9.08. The minimum absolute atomic E-state index is 0.151.